The van der Waals surface area contributed by atoms with Crippen molar-refractivity contribution >= 4 is 34.5 Å². The number of nitrogens with one attached hydrogen (secondary N) is 5. The smallest absolute Gasteiger partial charge is 0.411 e. The molecule has 1 aliphatic heterocycles. The third-order valence-corrected chi connectivity index (χ3v) is 11.3. The minimum Gasteiger partial charge on any atom is -0.506 e. The van der Waals surface area contributed by atoms with Crippen molar-refractivity contribution in [2.24, 2.45) is 0 Å². The van der Waals surface area contributed by atoms with Crippen molar-refractivity contribution in [1.29, 1.82) is 0 Å². The first-order chi connectivity index (χ1) is 30.6. The summed E-state index contributed by atoms with van der Waals surface area (Å²) in [4.78, 5) is 55.2. The molecule has 13 heteroatoms. The fraction of sp³-hybridized carbons (Fsp3) is 0.280. The number of aromatic amines is 1. The van der Waals surface area contributed by atoms with E-state index in [1.54, 1.807) is 24.3 Å². The average molecular weight is 851 g/mol. The summed E-state index contributed by atoms with van der Waals surface area (Å²) in [6, 6.07) is 38.9. The predicted octanol–water partition coefficient (Wildman–Crippen LogP) is 6.80. The Kier molecular flexibility index (Phi) is 15.0. The van der Waals surface area contributed by atoms with E-state index in [0.717, 1.165) is 40.9 Å². The number of para-hydroxylation sites is 1. The van der Waals surface area contributed by atoms with Crippen LogP contribution >= 0.6 is 0 Å². The lowest BCUT2D eigenvalue weighted by atomic mass is 10.0. The van der Waals surface area contributed by atoms with Gasteiger partial charge < -0.3 is 40.8 Å². The molecule has 1 aliphatic rings. The van der Waals surface area contributed by atoms with Crippen molar-refractivity contribution in [3.05, 3.63) is 166 Å². The molecule has 2 atom stereocenters. The molecule has 7 rings (SSSR count). The van der Waals surface area contributed by atoms with Gasteiger partial charge in [-0.2, -0.15) is 0 Å². The number of phenols is 1. The number of piperidine rings is 1. The summed E-state index contributed by atoms with van der Waals surface area (Å²) in [6.45, 7) is 5.03. The third-order valence-electron chi connectivity index (χ3n) is 11.3. The second kappa shape index (κ2) is 21.3. The average Bonchev–Trinajstić information content (AvgIpc) is 3.30. The Balaban J connectivity index is 0.778. The van der Waals surface area contributed by atoms with Crippen LogP contribution < -0.4 is 26.8 Å². The molecule has 0 unspecified atom stereocenters. The molecule has 13 nitrogen and oxygen atoms in total. The van der Waals surface area contributed by atoms with Crippen LogP contribution in [0.1, 0.15) is 64.9 Å². The standard InChI is InChI=1S/C50H54N6O7/c1-33(51-32-45(58)41-18-20-44(57)48-42(41)19-21-47(60)55-48)28-34-14-16-35(17-15-34)30-53-49(61)38-11-7-8-36(29-38)31-52-46(59)24-27-56-25-22-39(23-26-56)63-50(62)54-43-13-6-5-12-40(43)37-9-3-2-4-10-37/h2-21,29,33,39,45,51,57-58H,22-28,30-32H2,1H3,(H,52,59)(H,53,61)(H,54,62)(H,55,60)/t33-,45+/m1/s1. The monoisotopic (exact) mass is 850 g/mol. The summed E-state index contributed by atoms with van der Waals surface area (Å²) in [5.41, 5.74) is 6.59. The van der Waals surface area contributed by atoms with Gasteiger partial charge in [-0.3, -0.25) is 19.7 Å². The van der Waals surface area contributed by atoms with Gasteiger partial charge in [0.05, 0.1) is 17.3 Å². The summed E-state index contributed by atoms with van der Waals surface area (Å²) in [5.74, 6) is -0.335. The van der Waals surface area contributed by atoms with E-state index >= 15 is 0 Å². The second-order valence-electron chi connectivity index (χ2n) is 16.0. The molecule has 0 spiro atoms. The third kappa shape index (κ3) is 12.4. The minimum atomic E-state index is -0.848. The number of hydrogen-bond acceptors (Lipinski definition) is 9. The number of carbonyl (C=O) groups excluding carboxylic acids is 3. The van der Waals surface area contributed by atoms with Crippen LogP contribution in [0.2, 0.25) is 0 Å². The number of pyridine rings is 1. The summed E-state index contributed by atoms with van der Waals surface area (Å²) in [7, 11) is 0. The topological polar surface area (TPSA) is 185 Å². The predicted molar refractivity (Wildman–Crippen MR) is 244 cm³/mol. The van der Waals surface area contributed by atoms with Crippen LogP contribution in [0.5, 0.6) is 5.75 Å². The second-order valence-corrected chi connectivity index (χ2v) is 16.0. The number of nitrogens with zero attached hydrogens (tertiary/aromatic N) is 1. The van der Waals surface area contributed by atoms with Gasteiger partial charge in [0.25, 0.3) is 5.91 Å². The number of anilines is 1. The fourth-order valence-electron chi connectivity index (χ4n) is 7.85. The van der Waals surface area contributed by atoms with E-state index in [2.05, 4.69) is 31.2 Å². The van der Waals surface area contributed by atoms with Gasteiger partial charge in [0.1, 0.15) is 11.9 Å². The summed E-state index contributed by atoms with van der Waals surface area (Å²) in [5, 5.41) is 33.9. The Labute approximate surface area is 366 Å². The quantitative estimate of drug-likeness (QED) is 0.0519. The molecule has 7 N–H and O–H groups in total. The Hall–Kier alpha value is -6.80. The zero-order valence-corrected chi connectivity index (χ0v) is 35.3. The molecule has 5 aromatic carbocycles. The highest BCUT2D eigenvalue weighted by molar-refractivity contribution is 5.94. The molecular weight excluding hydrogens is 797 g/mol. The molecule has 6 aromatic rings. The van der Waals surface area contributed by atoms with Gasteiger partial charge in [0, 0.05) is 74.3 Å². The molecule has 0 saturated carbocycles. The number of likely N-dealkylation sites (tertiary alicyclic amines) is 1. The number of hydrogen-bond donors (Lipinski definition) is 7. The number of aromatic hydroxyl groups is 1. The van der Waals surface area contributed by atoms with E-state index < -0.39 is 12.2 Å². The normalized spacial score (nSPS) is 14.1. The van der Waals surface area contributed by atoms with Gasteiger partial charge in [0.15, 0.2) is 0 Å². The number of amides is 3. The molecule has 2 heterocycles. The first kappa shape index (κ1) is 44.3. The maximum atomic E-state index is 13.1. The molecule has 0 radical (unpaired) electrons. The van der Waals surface area contributed by atoms with E-state index in [1.165, 1.54) is 12.1 Å². The zero-order chi connectivity index (χ0) is 44.1. The lowest BCUT2D eigenvalue weighted by molar-refractivity contribution is -0.121. The number of aliphatic hydroxyl groups is 1. The van der Waals surface area contributed by atoms with Crippen LogP contribution in [-0.2, 0) is 29.0 Å². The van der Waals surface area contributed by atoms with Gasteiger partial charge in [0.2, 0.25) is 11.5 Å². The van der Waals surface area contributed by atoms with Gasteiger partial charge in [-0.05, 0) is 84.3 Å². The number of benzene rings is 5. The Morgan fingerprint density at radius 3 is 2.33 bits per heavy atom. The molecule has 63 heavy (non-hydrogen) atoms. The van der Waals surface area contributed by atoms with Crippen molar-refractivity contribution < 1.29 is 29.3 Å². The number of fused-ring (bicyclic) bond motifs is 1. The van der Waals surface area contributed by atoms with Crippen molar-refractivity contribution in [2.75, 3.05) is 31.5 Å². The highest BCUT2D eigenvalue weighted by Gasteiger charge is 2.23. The van der Waals surface area contributed by atoms with Gasteiger partial charge in [-0.15, -0.1) is 0 Å². The van der Waals surface area contributed by atoms with Crippen LogP contribution in [0.25, 0.3) is 22.0 Å². The van der Waals surface area contributed by atoms with Gasteiger partial charge in [-0.25, -0.2) is 4.79 Å². The summed E-state index contributed by atoms with van der Waals surface area (Å²) in [6.07, 6.45) is 0.916. The molecule has 0 bridgehead atoms. The van der Waals surface area contributed by atoms with E-state index in [1.807, 2.05) is 97.9 Å². The van der Waals surface area contributed by atoms with Crippen LogP contribution in [-0.4, -0.2) is 76.3 Å². The molecule has 326 valence electrons. The molecular formula is C50H54N6O7. The number of H-pyrrole nitrogens is 1. The molecule has 0 aliphatic carbocycles. The lowest BCUT2D eigenvalue weighted by Crippen LogP contribution is -2.40. The first-order valence-electron chi connectivity index (χ1n) is 21.4. The highest BCUT2D eigenvalue weighted by Crippen LogP contribution is 2.30. The Morgan fingerprint density at radius 2 is 1.54 bits per heavy atom. The van der Waals surface area contributed by atoms with Gasteiger partial charge >= 0.3 is 6.09 Å². The maximum absolute atomic E-state index is 13.1. The van der Waals surface area contributed by atoms with Crippen molar-refractivity contribution in [2.45, 2.75) is 63.9 Å². The van der Waals surface area contributed by atoms with E-state index in [4.69, 9.17) is 4.74 Å². The SMILES string of the molecule is C[C@H](Cc1ccc(CNC(=O)c2cccc(CNC(=O)CCN3CCC(OC(=O)Nc4ccccc4-c4ccccc4)CC3)c2)cc1)NC[C@H](O)c1ccc(O)c2[nH]c(=O)ccc12. The fourth-order valence-corrected chi connectivity index (χ4v) is 7.85. The van der Waals surface area contributed by atoms with E-state index in [0.29, 0.717) is 73.0 Å². The van der Waals surface area contributed by atoms with Crippen LogP contribution in [0.3, 0.4) is 0 Å². The van der Waals surface area contributed by atoms with Crippen LogP contribution in [0.4, 0.5) is 10.5 Å². The highest BCUT2D eigenvalue weighted by atomic mass is 16.6. The van der Waals surface area contributed by atoms with Crippen LogP contribution in [0, 0.1) is 0 Å². The largest absolute Gasteiger partial charge is 0.506 e. The van der Waals surface area contributed by atoms with E-state index in [9.17, 15) is 29.4 Å². The van der Waals surface area contributed by atoms with E-state index in [-0.39, 0.29) is 41.8 Å². The Bertz CT molecular complexity index is 2560. The molecule has 1 fully saturated rings. The van der Waals surface area contributed by atoms with Crippen LogP contribution in [0.15, 0.2) is 132 Å². The van der Waals surface area contributed by atoms with Gasteiger partial charge in [-0.1, -0.05) is 91.0 Å². The number of carbonyl (C=O) groups is 3. The minimum absolute atomic E-state index is 0.0484. The number of rotatable bonds is 17. The number of aromatic nitrogens is 1. The Morgan fingerprint density at radius 1 is 0.810 bits per heavy atom. The molecule has 3 amide bonds. The zero-order valence-electron chi connectivity index (χ0n) is 35.3. The lowest BCUT2D eigenvalue weighted by Gasteiger charge is -2.31. The first-order valence-corrected chi connectivity index (χ1v) is 21.4. The summed E-state index contributed by atoms with van der Waals surface area (Å²) >= 11 is 0. The van der Waals surface area contributed by atoms with Crippen molar-refractivity contribution in [1.82, 2.24) is 25.8 Å². The number of aliphatic hydroxyl groups excluding tert-OH is 1. The molecule has 1 saturated heterocycles. The van der Waals surface area contributed by atoms with Crippen molar-refractivity contribution in [3.8, 4) is 16.9 Å². The van der Waals surface area contributed by atoms with Crippen molar-refractivity contribution in [3.63, 3.8) is 0 Å². The molecule has 1 aromatic heterocycles. The number of phenolic OH excluding ortho intramolecular Hbond substituents is 1. The number of ether oxygens (including phenoxy) is 1. The summed E-state index contributed by atoms with van der Waals surface area (Å²) < 4.78 is 5.76. The maximum Gasteiger partial charge on any atom is 0.411 e.